The van der Waals surface area contributed by atoms with Crippen molar-refractivity contribution in [2.24, 2.45) is 5.92 Å². The first kappa shape index (κ1) is 26.2. The van der Waals surface area contributed by atoms with E-state index in [4.69, 9.17) is 0 Å². The van der Waals surface area contributed by atoms with Crippen LogP contribution in [0.25, 0.3) is 11.4 Å². The van der Waals surface area contributed by atoms with Crippen LogP contribution in [0.1, 0.15) is 62.7 Å². The normalized spacial score (nSPS) is 15.6. The lowest BCUT2D eigenvalue weighted by molar-refractivity contribution is -0.133. The molecule has 1 fully saturated rings. The predicted octanol–water partition coefficient (Wildman–Crippen LogP) is 3.57. The second-order valence-electron chi connectivity index (χ2n) is 10.1. The van der Waals surface area contributed by atoms with Crippen molar-refractivity contribution in [3.8, 4) is 11.4 Å². The number of benzene rings is 2. The monoisotopic (exact) mass is 502 g/mol. The third-order valence-electron chi connectivity index (χ3n) is 6.71. The van der Waals surface area contributed by atoms with Gasteiger partial charge in [0.1, 0.15) is 12.1 Å². The molecule has 2 amide bonds. The van der Waals surface area contributed by atoms with Crippen LogP contribution in [0.5, 0.6) is 0 Å². The van der Waals surface area contributed by atoms with Gasteiger partial charge < -0.3 is 10.6 Å². The van der Waals surface area contributed by atoms with Crippen molar-refractivity contribution < 1.29 is 14.4 Å². The molecular weight excluding hydrogens is 468 g/mol. The van der Waals surface area contributed by atoms with Gasteiger partial charge in [-0.15, -0.1) is 10.2 Å². The first-order chi connectivity index (χ1) is 17.9. The Morgan fingerprint density at radius 1 is 0.946 bits per heavy atom. The minimum atomic E-state index is -1.05. The highest BCUT2D eigenvalue weighted by Gasteiger charge is 2.42. The summed E-state index contributed by atoms with van der Waals surface area (Å²) in [5.74, 6) is -0.210. The van der Waals surface area contributed by atoms with Gasteiger partial charge >= 0.3 is 0 Å². The van der Waals surface area contributed by atoms with Crippen molar-refractivity contribution in [1.82, 2.24) is 30.8 Å². The maximum Gasteiger partial charge on any atom is 0.252 e. The number of amides is 2. The summed E-state index contributed by atoms with van der Waals surface area (Å²) in [5, 5.41) is 18.4. The highest BCUT2D eigenvalue weighted by atomic mass is 16.2. The maximum atomic E-state index is 13.7. The van der Waals surface area contributed by atoms with Crippen LogP contribution in [0.2, 0.25) is 0 Å². The highest BCUT2D eigenvalue weighted by molar-refractivity contribution is 6.00. The second-order valence-corrected chi connectivity index (χ2v) is 10.1. The lowest BCUT2D eigenvalue weighted by Gasteiger charge is -2.37. The Hall–Kier alpha value is -3.88. The SMILES string of the molecule is CC(C)C[C@H](NC(=O)C1(NC(=O)c2ccccc2)CCCCC1)C(=O)Cn1nnc(-c2ccccc2)n1. The fraction of sp³-hybridized carbons (Fsp3) is 0.429. The van der Waals surface area contributed by atoms with Crippen molar-refractivity contribution in [1.29, 1.82) is 0 Å². The largest absolute Gasteiger partial charge is 0.344 e. The van der Waals surface area contributed by atoms with Gasteiger partial charge in [0.25, 0.3) is 5.91 Å². The topological polar surface area (TPSA) is 119 Å². The van der Waals surface area contributed by atoms with Gasteiger partial charge in [-0.2, -0.15) is 4.80 Å². The minimum Gasteiger partial charge on any atom is -0.344 e. The van der Waals surface area contributed by atoms with Crippen molar-refractivity contribution in [2.45, 2.75) is 70.5 Å². The molecule has 1 aliphatic carbocycles. The molecule has 0 bridgehead atoms. The third-order valence-corrected chi connectivity index (χ3v) is 6.71. The number of tetrazole rings is 1. The summed E-state index contributed by atoms with van der Waals surface area (Å²) >= 11 is 0. The smallest absolute Gasteiger partial charge is 0.252 e. The molecule has 0 spiro atoms. The average molecular weight is 503 g/mol. The van der Waals surface area contributed by atoms with Gasteiger partial charge in [0, 0.05) is 11.1 Å². The van der Waals surface area contributed by atoms with Crippen molar-refractivity contribution in [2.75, 3.05) is 0 Å². The van der Waals surface area contributed by atoms with Gasteiger partial charge in [0.2, 0.25) is 11.7 Å². The van der Waals surface area contributed by atoms with Crippen LogP contribution in [0.15, 0.2) is 60.7 Å². The number of aromatic nitrogens is 4. The molecule has 9 heteroatoms. The molecule has 1 aliphatic rings. The molecule has 194 valence electrons. The zero-order chi connectivity index (χ0) is 26.3. The van der Waals surface area contributed by atoms with E-state index < -0.39 is 11.6 Å². The van der Waals surface area contributed by atoms with Crippen LogP contribution in [0.4, 0.5) is 0 Å². The minimum absolute atomic E-state index is 0.110. The zero-order valence-electron chi connectivity index (χ0n) is 21.4. The predicted molar refractivity (Wildman–Crippen MR) is 139 cm³/mol. The summed E-state index contributed by atoms with van der Waals surface area (Å²) in [5.41, 5.74) is 0.260. The molecule has 37 heavy (non-hydrogen) atoms. The quantitative estimate of drug-likeness (QED) is 0.437. The molecule has 1 saturated carbocycles. The molecule has 0 aliphatic heterocycles. The molecule has 1 aromatic heterocycles. The van der Waals surface area contributed by atoms with Gasteiger partial charge in [-0.25, -0.2) is 0 Å². The van der Waals surface area contributed by atoms with Gasteiger partial charge in [-0.05, 0) is 42.5 Å². The van der Waals surface area contributed by atoms with E-state index in [1.807, 2.05) is 50.2 Å². The van der Waals surface area contributed by atoms with Crippen LogP contribution < -0.4 is 10.6 Å². The van der Waals surface area contributed by atoms with E-state index in [-0.39, 0.29) is 30.1 Å². The van der Waals surface area contributed by atoms with E-state index in [9.17, 15) is 14.4 Å². The van der Waals surface area contributed by atoms with E-state index in [2.05, 4.69) is 26.0 Å². The van der Waals surface area contributed by atoms with Crippen molar-refractivity contribution in [3.05, 3.63) is 66.2 Å². The molecule has 1 atom stereocenters. The standard InChI is InChI=1S/C28H34N6O3/c1-20(2)18-23(24(35)19-34-32-25(31-33-34)21-12-6-3-7-13-21)29-27(37)28(16-10-5-11-17-28)30-26(36)22-14-8-4-9-15-22/h3-4,6-9,12-15,20,23H,5,10-11,16-19H2,1-2H3,(H,29,37)(H,30,36)/t23-/m0/s1. The lowest BCUT2D eigenvalue weighted by Crippen LogP contribution is -2.62. The van der Waals surface area contributed by atoms with Crippen molar-refractivity contribution in [3.63, 3.8) is 0 Å². The van der Waals surface area contributed by atoms with Crippen LogP contribution in [-0.2, 0) is 16.1 Å². The van der Waals surface area contributed by atoms with Crippen molar-refractivity contribution >= 4 is 17.6 Å². The Morgan fingerprint density at radius 3 is 2.24 bits per heavy atom. The van der Waals surface area contributed by atoms with E-state index >= 15 is 0 Å². The molecule has 3 aromatic rings. The summed E-state index contributed by atoms with van der Waals surface area (Å²) in [4.78, 5) is 41.3. The first-order valence-corrected chi connectivity index (χ1v) is 12.9. The fourth-order valence-corrected chi connectivity index (χ4v) is 4.74. The number of nitrogens with one attached hydrogen (secondary N) is 2. The summed E-state index contributed by atoms with van der Waals surface area (Å²) < 4.78 is 0. The van der Waals surface area contributed by atoms with E-state index in [1.165, 1.54) is 4.80 Å². The molecule has 0 radical (unpaired) electrons. The van der Waals surface area contributed by atoms with Crippen LogP contribution in [-0.4, -0.2) is 49.4 Å². The number of carbonyl (C=O) groups is 3. The fourth-order valence-electron chi connectivity index (χ4n) is 4.74. The maximum absolute atomic E-state index is 13.7. The molecule has 2 aromatic carbocycles. The molecule has 0 saturated heterocycles. The Kier molecular flexibility index (Phi) is 8.43. The Bertz CT molecular complexity index is 1200. The number of Topliss-reactive ketones (excluding diaryl/α,β-unsaturated/α-hetero) is 1. The van der Waals surface area contributed by atoms with Crippen LogP contribution >= 0.6 is 0 Å². The van der Waals surface area contributed by atoms with E-state index in [1.54, 1.807) is 24.3 Å². The molecule has 9 nitrogen and oxygen atoms in total. The molecule has 4 rings (SSSR count). The summed E-state index contributed by atoms with van der Waals surface area (Å²) in [6.45, 7) is 3.89. The lowest BCUT2D eigenvalue weighted by atomic mass is 9.80. The highest BCUT2D eigenvalue weighted by Crippen LogP contribution is 2.29. The molecule has 0 unspecified atom stereocenters. The molecule has 2 N–H and O–H groups in total. The third kappa shape index (κ3) is 6.67. The summed E-state index contributed by atoms with van der Waals surface area (Å²) in [7, 11) is 0. The molecule has 1 heterocycles. The van der Waals surface area contributed by atoms with E-state index in [0.717, 1.165) is 24.8 Å². The van der Waals surface area contributed by atoms with Crippen LogP contribution in [0, 0.1) is 5.92 Å². The number of nitrogens with zero attached hydrogens (tertiary/aromatic N) is 4. The first-order valence-electron chi connectivity index (χ1n) is 12.9. The Morgan fingerprint density at radius 2 is 1.59 bits per heavy atom. The zero-order valence-corrected chi connectivity index (χ0v) is 21.4. The van der Waals surface area contributed by atoms with Crippen LogP contribution in [0.3, 0.4) is 0 Å². The number of rotatable bonds is 10. The Balaban J connectivity index is 1.49. The summed E-state index contributed by atoms with van der Waals surface area (Å²) in [6.07, 6.45) is 4.20. The summed E-state index contributed by atoms with van der Waals surface area (Å²) in [6, 6.07) is 17.6. The van der Waals surface area contributed by atoms with Gasteiger partial charge in [0.15, 0.2) is 5.78 Å². The molecular formula is C28H34N6O3. The number of hydrogen-bond donors (Lipinski definition) is 2. The van der Waals surface area contributed by atoms with E-state index in [0.29, 0.717) is 30.7 Å². The number of hydrogen-bond acceptors (Lipinski definition) is 6. The second kappa shape index (κ2) is 11.9. The Labute approximate surface area is 217 Å². The van der Waals surface area contributed by atoms with Gasteiger partial charge in [-0.3, -0.25) is 14.4 Å². The van der Waals surface area contributed by atoms with Gasteiger partial charge in [-0.1, -0.05) is 81.6 Å². The average Bonchev–Trinajstić information content (AvgIpc) is 3.38. The number of carbonyl (C=O) groups excluding carboxylic acids is 3. The number of ketones is 1. The van der Waals surface area contributed by atoms with Gasteiger partial charge in [0.05, 0.1) is 6.04 Å².